The van der Waals surface area contributed by atoms with Crippen molar-refractivity contribution in [1.82, 2.24) is 0 Å². The molecular formula is C17H30O3Sn. The van der Waals surface area contributed by atoms with Gasteiger partial charge in [0, 0.05) is 0 Å². The molecule has 0 aliphatic rings. The Balaban J connectivity index is 3.16. The second-order valence-corrected chi connectivity index (χ2v) is 18.9. The van der Waals surface area contributed by atoms with Gasteiger partial charge in [-0.05, 0) is 0 Å². The third kappa shape index (κ3) is 5.04. The van der Waals surface area contributed by atoms with E-state index < -0.39 is 24.3 Å². The van der Waals surface area contributed by atoms with Crippen LogP contribution in [0.5, 0.6) is 0 Å². The van der Waals surface area contributed by atoms with Gasteiger partial charge in [0.05, 0.1) is 0 Å². The van der Waals surface area contributed by atoms with Gasteiger partial charge >= 0.3 is 133 Å². The molecule has 0 aliphatic heterocycles. The Labute approximate surface area is 133 Å². The van der Waals surface area contributed by atoms with Crippen LogP contribution in [-0.2, 0) is 0 Å². The van der Waals surface area contributed by atoms with Gasteiger partial charge in [0.15, 0.2) is 0 Å². The van der Waals surface area contributed by atoms with E-state index in [1.807, 2.05) is 0 Å². The van der Waals surface area contributed by atoms with E-state index in [-0.39, 0.29) is 0 Å². The van der Waals surface area contributed by atoms with Gasteiger partial charge in [0.1, 0.15) is 0 Å². The second kappa shape index (κ2) is 9.54. The molecule has 0 fully saturated rings. The molecule has 1 aromatic heterocycles. The number of furan rings is 1. The van der Waals surface area contributed by atoms with E-state index in [2.05, 4.69) is 20.8 Å². The van der Waals surface area contributed by atoms with Gasteiger partial charge in [-0.3, -0.25) is 0 Å². The van der Waals surface area contributed by atoms with Crippen LogP contribution < -0.4 is 3.78 Å². The van der Waals surface area contributed by atoms with Crippen LogP contribution in [0.15, 0.2) is 16.7 Å². The third-order valence-corrected chi connectivity index (χ3v) is 19.5. The predicted molar refractivity (Wildman–Crippen MR) is 90.2 cm³/mol. The fourth-order valence-electron chi connectivity index (χ4n) is 3.15. The van der Waals surface area contributed by atoms with Gasteiger partial charge in [0.2, 0.25) is 0 Å². The van der Waals surface area contributed by atoms with Gasteiger partial charge in [-0.1, -0.05) is 0 Å². The number of unbranched alkanes of at least 4 members (excludes halogenated alkanes) is 3. The Morgan fingerprint density at radius 1 is 1.05 bits per heavy atom. The fourth-order valence-corrected chi connectivity index (χ4v) is 19.1. The van der Waals surface area contributed by atoms with Crippen LogP contribution in [-0.4, -0.2) is 29.5 Å². The Hall–Kier alpha value is -0.451. The summed E-state index contributed by atoms with van der Waals surface area (Å²) < 4.78 is 10.4. The SMILES string of the molecule is CCC[CH2][Sn]([CH2]CCC)([CH2]CCC)[c]1occc1C(=O)O. The van der Waals surface area contributed by atoms with Crippen LogP contribution >= 0.6 is 0 Å². The molecule has 1 heterocycles. The molecule has 21 heavy (non-hydrogen) atoms. The van der Waals surface area contributed by atoms with E-state index in [1.165, 1.54) is 51.8 Å². The molecule has 3 nitrogen and oxygen atoms in total. The molecule has 0 radical (unpaired) electrons. The van der Waals surface area contributed by atoms with Crippen molar-refractivity contribution in [3.8, 4) is 0 Å². The molecule has 0 aliphatic carbocycles. The van der Waals surface area contributed by atoms with Gasteiger partial charge < -0.3 is 0 Å². The van der Waals surface area contributed by atoms with Gasteiger partial charge in [-0.2, -0.15) is 0 Å². The van der Waals surface area contributed by atoms with Crippen LogP contribution in [0.1, 0.15) is 69.7 Å². The molecule has 120 valence electrons. The van der Waals surface area contributed by atoms with Crippen molar-refractivity contribution >= 4 is 28.1 Å². The summed E-state index contributed by atoms with van der Waals surface area (Å²) in [6.45, 7) is 6.66. The molecule has 0 saturated heterocycles. The summed E-state index contributed by atoms with van der Waals surface area (Å²) in [7, 11) is 0. The summed E-state index contributed by atoms with van der Waals surface area (Å²) in [4.78, 5) is 11.5. The Kier molecular flexibility index (Phi) is 8.45. The number of hydrogen-bond acceptors (Lipinski definition) is 2. The first-order valence-corrected chi connectivity index (χ1v) is 15.9. The van der Waals surface area contributed by atoms with Crippen LogP contribution in [0.25, 0.3) is 0 Å². The van der Waals surface area contributed by atoms with Crippen molar-refractivity contribution in [2.24, 2.45) is 0 Å². The average Bonchev–Trinajstić information content (AvgIpc) is 2.97. The summed E-state index contributed by atoms with van der Waals surface area (Å²) in [5.41, 5.74) is 0.453. The summed E-state index contributed by atoms with van der Waals surface area (Å²) in [5, 5.41) is 9.47. The first kappa shape index (κ1) is 18.6. The summed E-state index contributed by atoms with van der Waals surface area (Å²) in [6, 6.07) is 1.66. The third-order valence-electron chi connectivity index (χ3n) is 4.40. The summed E-state index contributed by atoms with van der Waals surface area (Å²) >= 11 is -2.73. The molecule has 0 unspecified atom stereocenters. The number of rotatable bonds is 11. The Bertz CT molecular complexity index is 404. The molecule has 1 N–H and O–H groups in total. The minimum absolute atomic E-state index is 0.453. The van der Waals surface area contributed by atoms with E-state index in [0.29, 0.717) is 5.56 Å². The first-order chi connectivity index (χ1) is 10.1. The van der Waals surface area contributed by atoms with Gasteiger partial charge in [-0.15, -0.1) is 0 Å². The number of carboxylic acid groups (broad SMARTS) is 1. The van der Waals surface area contributed by atoms with Crippen molar-refractivity contribution in [2.75, 3.05) is 0 Å². The maximum atomic E-state index is 11.5. The topological polar surface area (TPSA) is 50.4 Å². The van der Waals surface area contributed by atoms with Crippen molar-refractivity contribution in [3.63, 3.8) is 0 Å². The van der Waals surface area contributed by atoms with Crippen molar-refractivity contribution in [2.45, 2.75) is 72.6 Å². The van der Waals surface area contributed by atoms with E-state index >= 15 is 0 Å². The monoisotopic (exact) mass is 402 g/mol. The zero-order valence-electron chi connectivity index (χ0n) is 13.8. The van der Waals surface area contributed by atoms with E-state index in [4.69, 9.17) is 4.42 Å². The number of carbonyl (C=O) groups is 1. The van der Waals surface area contributed by atoms with E-state index in [9.17, 15) is 9.90 Å². The van der Waals surface area contributed by atoms with Crippen LogP contribution in [0, 0.1) is 0 Å². The van der Waals surface area contributed by atoms with Gasteiger partial charge in [-0.25, -0.2) is 0 Å². The second-order valence-electron chi connectivity index (χ2n) is 6.06. The Morgan fingerprint density at radius 3 is 1.90 bits per heavy atom. The molecule has 1 aromatic rings. The van der Waals surface area contributed by atoms with Crippen LogP contribution in [0.3, 0.4) is 0 Å². The maximum absolute atomic E-state index is 11.5. The van der Waals surface area contributed by atoms with E-state index in [1.54, 1.807) is 12.3 Å². The zero-order chi connectivity index (χ0) is 15.7. The van der Waals surface area contributed by atoms with Crippen molar-refractivity contribution in [3.05, 3.63) is 17.9 Å². The molecule has 1 rings (SSSR count). The minimum atomic E-state index is -2.73. The molecule has 0 spiro atoms. The molecule has 4 heteroatoms. The standard InChI is InChI=1S/C5H3O3.3C4H9.Sn/c6-5(7)4-1-2-8-3-4;3*1-3-4-2;/h1-2H,(H,6,7);3*1,3-4H2,2H3;. The normalized spacial score (nSPS) is 11.8. The predicted octanol–water partition coefficient (Wildman–Crippen LogP) is 5.03. The molecule has 0 aromatic carbocycles. The van der Waals surface area contributed by atoms with Crippen LogP contribution in [0.4, 0.5) is 0 Å². The van der Waals surface area contributed by atoms with Crippen molar-refractivity contribution in [1.29, 1.82) is 0 Å². The van der Waals surface area contributed by atoms with Crippen LogP contribution in [0.2, 0.25) is 13.3 Å². The van der Waals surface area contributed by atoms with Crippen molar-refractivity contribution < 1.29 is 14.3 Å². The number of carboxylic acids is 1. The quantitative estimate of drug-likeness (QED) is 0.529. The average molecular weight is 401 g/mol. The zero-order valence-corrected chi connectivity index (χ0v) is 16.6. The molecule has 0 bridgehead atoms. The molecular weight excluding hydrogens is 371 g/mol. The van der Waals surface area contributed by atoms with E-state index in [0.717, 1.165) is 3.78 Å². The summed E-state index contributed by atoms with van der Waals surface area (Å²) in [5.74, 6) is -0.815. The molecule has 0 saturated carbocycles. The molecule has 0 amide bonds. The number of aromatic carboxylic acids is 1. The molecule has 0 atom stereocenters. The Morgan fingerprint density at radius 2 is 1.52 bits per heavy atom. The number of hydrogen-bond donors (Lipinski definition) is 1. The fraction of sp³-hybridized carbons (Fsp3) is 0.706. The summed E-state index contributed by atoms with van der Waals surface area (Å²) in [6.07, 6.45) is 8.77. The first-order valence-electron chi connectivity index (χ1n) is 8.42. The van der Waals surface area contributed by atoms with Gasteiger partial charge in [0.25, 0.3) is 0 Å².